The van der Waals surface area contributed by atoms with Crippen LogP contribution in [0.15, 0.2) is 34.9 Å². The van der Waals surface area contributed by atoms with E-state index in [2.05, 4.69) is 5.16 Å². The second-order valence-corrected chi connectivity index (χ2v) is 6.22. The van der Waals surface area contributed by atoms with Crippen LogP contribution in [0, 0.1) is 0 Å². The maximum Gasteiger partial charge on any atom is 0.223 e. The number of nitrogens with zero attached hydrogens (tertiary/aromatic N) is 2. The zero-order valence-corrected chi connectivity index (χ0v) is 13.9. The van der Waals surface area contributed by atoms with Gasteiger partial charge in [0.25, 0.3) is 0 Å². The molecule has 0 radical (unpaired) electrons. The van der Waals surface area contributed by atoms with Crippen LogP contribution in [0.3, 0.4) is 0 Å². The van der Waals surface area contributed by atoms with Crippen LogP contribution < -0.4 is 4.74 Å². The fraction of sp³-hybridized carbons (Fsp3) is 0.444. The van der Waals surface area contributed by atoms with E-state index < -0.39 is 0 Å². The Hall–Kier alpha value is -2.34. The van der Waals surface area contributed by atoms with Gasteiger partial charge in [0.05, 0.1) is 12.8 Å². The molecule has 1 amide bonds. The lowest BCUT2D eigenvalue weighted by Gasteiger charge is -2.38. The van der Waals surface area contributed by atoms with Crippen molar-refractivity contribution in [3.05, 3.63) is 47.3 Å². The van der Waals surface area contributed by atoms with Crippen LogP contribution in [0.1, 0.15) is 42.2 Å². The summed E-state index contributed by atoms with van der Waals surface area (Å²) >= 11 is 0. The van der Waals surface area contributed by atoms with Crippen molar-refractivity contribution in [1.82, 2.24) is 10.1 Å². The van der Waals surface area contributed by atoms with Gasteiger partial charge in [0.15, 0.2) is 5.76 Å². The van der Waals surface area contributed by atoms with E-state index in [9.17, 15) is 4.79 Å². The van der Waals surface area contributed by atoms with Crippen LogP contribution in [-0.4, -0.2) is 41.3 Å². The maximum atomic E-state index is 12.4. The average molecular weight is 330 g/mol. The number of amides is 1. The van der Waals surface area contributed by atoms with E-state index >= 15 is 0 Å². The third kappa shape index (κ3) is 3.28. The molecule has 1 aromatic carbocycles. The number of likely N-dealkylation sites (tertiary alicyclic amines) is 1. The highest BCUT2D eigenvalue weighted by Crippen LogP contribution is 2.32. The Bertz CT molecular complexity index is 707. The number of aliphatic hydroxyl groups is 1. The van der Waals surface area contributed by atoms with Gasteiger partial charge >= 0.3 is 0 Å². The molecule has 128 valence electrons. The molecule has 1 fully saturated rings. The fourth-order valence-electron chi connectivity index (χ4n) is 3.04. The van der Waals surface area contributed by atoms with Gasteiger partial charge in [-0.05, 0) is 17.5 Å². The lowest BCUT2D eigenvalue weighted by Crippen LogP contribution is -2.48. The summed E-state index contributed by atoms with van der Waals surface area (Å²) in [5.74, 6) is 1.70. The molecule has 0 bridgehead atoms. The Morgan fingerprint density at radius 2 is 2.21 bits per heavy atom. The van der Waals surface area contributed by atoms with Gasteiger partial charge < -0.3 is 19.3 Å². The summed E-state index contributed by atoms with van der Waals surface area (Å²) < 4.78 is 10.4. The number of hydrogen-bond acceptors (Lipinski definition) is 5. The van der Waals surface area contributed by atoms with E-state index in [1.807, 2.05) is 36.1 Å². The molecule has 6 heteroatoms. The van der Waals surface area contributed by atoms with Crippen LogP contribution in [0.5, 0.6) is 5.75 Å². The van der Waals surface area contributed by atoms with E-state index in [4.69, 9.17) is 14.4 Å². The van der Waals surface area contributed by atoms with E-state index in [1.165, 1.54) is 0 Å². The van der Waals surface area contributed by atoms with Gasteiger partial charge in [0, 0.05) is 31.5 Å². The third-order valence-electron chi connectivity index (χ3n) is 4.54. The van der Waals surface area contributed by atoms with Crippen molar-refractivity contribution < 1.29 is 19.2 Å². The number of hydrogen-bond donors (Lipinski definition) is 1. The smallest absolute Gasteiger partial charge is 0.223 e. The molecule has 0 aliphatic carbocycles. The largest absolute Gasteiger partial charge is 0.496 e. The highest BCUT2D eigenvalue weighted by Gasteiger charge is 2.34. The predicted octanol–water partition coefficient (Wildman–Crippen LogP) is 2.30. The molecule has 2 aromatic rings. The minimum Gasteiger partial charge on any atom is -0.496 e. The number of benzene rings is 1. The van der Waals surface area contributed by atoms with Crippen LogP contribution in [0.2, 0.25) is 0 Å². The molecule has 6 nitrogen and oxygen atoms in total. The van der Waals surface area contributed by atoms with Crippen LogP contribution in [0.25, 0.3) is 0 Å². The first-order chi connectivity index (χ1) is 11.6. The zero-order chi connectivity index (χ0) is 17.1. The van der Waals surface area contributed by atoms with Gasteiger partial charge in [0.1, 0.15) is 12.4 Å². The summed E-state index contributed by atoms with van der Waals surface area (Å²) in [7, 11) is 1.64. The molecule has 1 saturated heterocycles. The van der Waals surface area contributed by atoms with Crippen molar-refractivity contribution in [1.29, 1.82) is 0 Å². The van der Waals surface area contributed by atoms with E-state index in [0.717, 1.165) is 17.0 Å². The number of methoxy groups -OCH3 is 1. The molecule has 1 atom stereocenters. The first kappa shape index (κ1) is 16.5. The van der Waals surface area contributed by atoms with Crippen LogP contribution in [-0.2, 0) is 11.4 Å². The summed E-state index contributed by atoms with van der Waals surface area (Å²) in [6.45, 7) is 3.18. The Morgan fingerprint density at radius 3 is 2.88 bits per heavy atom. The molecule has 1 aromatic heterocycles. The summed E-state index contributed by atoms with van der Waals surface area (Å²) in [6.07, 6.45) is 0.452. The van der Waals surface area contributed by atoms with Crippen molar-refractivity contribution in [3.8, 4) is 5.75 Å². The SMILES string of the molecule is COc1ccccc1C(C)CC(=O)N1CC(c2cc(CO)on2)C1. The summed E-state index contributed by atoms with van der Waals surface area (Å²) in [6, 6.07) is 9.56. The molecule has 3 rings (SSSR count). The number of aliphatic hydroxyl groups excluding tert-OH is 1. The highest BCUT2D eigenvalue weighted by molar-refractivity contribution is 5.78. The minimum atomic E-state index is -0.154. The van der Waals surface area contributed by atoms with Gasteiger partial charge in [0.2, 0.25) is 5.91 Å². The van der Waals surface area contributed by atoms with Crippen molar-refractivity contribution in [2.45, 2.75) is 31.8 Å². The van der Waals surface area contributed by atoms with Gasteiger partial charge in [-0.2, -0.15) is 0 Å². The molecule has 1 unspecified atom stereocenters. The second-order valence-electron chi connectivity index (χ2n) is 6.22. The van der Waals surface area contributed by atoms with Crippen molar-refractivity contribution in [2.75, 3.05) is 20.2 Å². The number of rotatable bonds is 6. The molecule has 1 N–H and O–H groups in total. The van der Waals surface area contributed by atoms with Gasteiger partial charge in [-0.25, -0.2) is 0 Å². The molecule has 24 heavy (non-hydrogen) atoms. The molecular weight excluding hydrogens is 308 g/mol. The molecule has 1 aliphatic rings. The number of carbonyl (C=O) groups is 1. The van der Waals surface area contributed by atoms with Crippen molar-refractivity contribution in [2.24, 2.45) is 0 Å². The lowest BCUT2D eigenvalue weighted by atomic mass is 9.92. The highest BCUT2D eigenvalue weighted by atomic mass is 16.5. The zero-order valence-electron chi connectivity index (χ0n) is 13.9. The predicted molar refractivity (Wildman–Crippen MR) is 87.8 cm³/mol. The Kier molecular flexibility index (Phi) is 4.85. The van der Waals surface area contributed by atoms with E-state index in [0.29, 0.717) is 25.3 Å². The summed E-state index contributed by atoms with van der Waals surface area (Å²) in [5.41, 5.74) is 1.86. The standard InChI is InChI=1S/C18H22N2O4/c1-12(15-5-3-4-6-17(15)23-2)7-18(22)20-9-13(10-20)16-8-14(11-21)24-19-16/h3-6,8,12-13,21H,7,9-11H2,1-2H3. The quantitative estimate of drug-likeness (QED) is 0.879. The third-order valence-corrected chi connectivity index (χ3v) is 4.54. The molecule has 0 saturated carbocycles. The van der Waals surface area contributed by atoms with Gasteiger partial charge in [-0.15, -0.1) is 0 Å². The molecule has 2 heterocycles. The second kappa shape index (κ2) is 7.05. The normalized spacial score (nSPS) is 15.9. The Labute approximate surface area is 141 Å². The van der Waals surface area contributed by atoms with E-state index in [1.54, 1.807) is 13.2 Å². The fourth-order valence-corrected chi connectivity index (χ4v) is 3.04. The maximum absolute atomic E-state index is 12.4. The lowest BCUT2D eigenvalue weighted by molar-refractivity contribution is -0.136. The first-order valence-corrected chi connectivity index (χ1v) is 8.09. The average Bonchev–Trinajstić information content (AvgIpc) is 3.02. The summed E-state index contributed by atoms with van der Waals surface area (Å²) in [4.78, 5) is 14.3. The van der Waals surface area contributed by atoms with Crippen LogP contribution in [0.4, 0.5) is 0 Å². The monoisotopic (exact) mass is 330 g/mol. The summed E-state index contributed by atoms with van der Waals surface area (Å²) in [5, 5.41) is 12.9. The van der Waals surface area contributed by atoms with Gasteiger partial charge in [-0.1, -0.05) is 30.3 Å². The molecule has 1 aliphatic heterocycles. The Balaban J connectivity index is 1.55. The number of carbonyl (C=O) groups excluding carboxylic acids is 1. The topological polar surface area (TPSA) is 75.8 Å². The van der Waals surface area contributed by atoms with Crippen LogP contribution >= 0.6 is 0 Å². The number of para-hydroxylation sites is 1. The molecule has 0 spiro atoms. The van der Waals surface area contributed by atoms with Gasteiger partial charge in [-0.3, -0.25) is 4.79 Å². The minimum absolute atomic E-state index is 0.0979. The molecular formula is C18H22N2O4. The number of aromatic nitrogens is 1. The van der Waals surface area contributed by atoms with Crippen molar-refractivity contribution in [3.63, 3.8) is 0 Å². The van der Waals surface area contributed by atoms with Crippen molar-refractivity contribution >= 4 is 5.91 Å². The van der Waals surface area contributed by atoms with E-state index in [-0.39, 0.29) is 24.3 Å². The Morgan fingerprint density at radius 1 is 1.46 bits per heavy atom. The first-order valence-electron chi connectivity index (χ1n) is 8.09. The number of ether oxygens (including phenoxy) is 1.